The number of pyridine rings is 1. The summed E-state index contributed by atoms with van der Waals surface area (Å²) in [5, 5.41) is 0.785. The van der Waals surface area contributed by atoms with Crippen LogP contribution in [0.5, 0.6) is 23.0 Å². The number of aromatic nitrogens is 2. The van der Waals surface area contributed by atoms with Crippen molar-refractivity contribution in [2.45, 2.75) is 72.6 Å². The average Bonchev–Trinajstić information content (AvgIpc) is 3.90. The van der Waals surface area contributed by atoms with Crippen LogP contribution in [0.25, 0.3) is 61.0 Å². The van der Waals surface area contributed by atoms with E-state index in [4.69, 9.17) is 17.2 Å². The SMILES string of the molecule is [2H]c1c([2H])c([2H])c2c(c1[2H])c1ccc3[c-]c1n2-c1cc(C([2H])([2H])C(C)C)c(cn1)-c1cccc(c1)Oc1ccc(cc1)-c1cc(C(C)(C)C)cc(-c2ccccc2)c1N1[CH-]N(c2[c-]c(c(C(C)(C)C)cc2)O3)c2ccccc21.[Pt]. The van der Waals surface area contributed by atoms with Crippen LogP contribution in [0.4, 0.5) is 22.7 Å². The molecule has 8 aromatic carbocycles. The molecule has 0 fully saturated rings. The quantitative estimate of drug-likeness (QED) is 0.165. The van der Waals surface area contributed by atoms with E-state index in [0.29, 0.717) is 50.6 Å². The fourth-order valence-electron chi connectivity index (χ4n) is 9.95. The van der Waals surface area contributed by atoms with Crippen LogP contribution >= 0.6 is 0 Å². The van der Waals surface area contributed by atoms with E-state index in [0.717, 1.165) is 50.6 Å². The van der Waals surface area contributed by atoms with E-state index in [-0.39, 0.29) is 61.3 Å². The first-order valence-corrected chi connectivity index (χ1v) is 24.5. The Morgan fingerprint density at radius 1 is 0.644 bits per heavy atom. The Morgan fingerprint density at radius 3 is 2.07 bits per heavy atom. The van der Waals surface area contributed by atoms with Crippen molar-refractivity contribution in [2.24, 2.45) is 5.92 Å². The average molecular weight is 1140 g/mol. The van der Waals surface area contributed by atoms with Gasteiger partial charge < -0.3 is 23.8 Å². The Balaban J connectivity index is 0.00000660. The largest absolute Gasteiger partial charge is 0.509 e. The normalized spacial score (nSPS) is 14.5. The second kappa shape index (κ2) is 18.6. The van der Waals surface area contributed by atoms with Crippen molar-refractivity contribution in [3.05, 3.63) is 211 Å². The number of para-hydroxylation sites is 3. The second-order valence-electron chi connectivity index (χ2n) is 21.0. The van der Waals surface area contributed by atoms with Gasteiger partial charge in [0.1, 0.15) is 17.3 Å². The van der Waals surface area contributed by atoms with Crippen molar-refractivity contribution in [1.29, 1.82) is 0 Å². The molecule has 4 aliphatic heterocycles. The third-order valence-electron chi connectivity index (χ3n) is 13.5. The number of fused-ring (bicyclic) bond motifs is 5. The molecule has 7 heteroatoms. The van der Waals surface area contributed by atoms with Crippen LogP contribution in [-0.2, 0) is 38.3 Å². The molecule has 0 amide bonds. The Morgan fingerprint density at radius 2 is 1.34 bits per heavy atom. The molecule has 14 rings (SSSR count). The van der Waals surface area contributed by atoms with Gasteiger partial charge in [0.05, 0.1) is 5.48 Å². The van der Waals surface area contributed by atoms with Crippen LogP contribution in [0.3, 0.4) is 0 Å². The third kappa shape index (κ3) is 8.80. The summed E-state index contributed by atoms with van der Waals surface area (Å²) in [7, 11) is 0. The van der Waals surface area contributed by atoms with E-state index >= 15 is 0 Å². The summed E-state index contributed by atoms with van der Waals surface area (Å²) in [6.07, 6.45) is -0.252. The summed E-state index contributed by atoms with van der Waals surface area (Å²) < 4.78 is 70.7. The first-order chi connectivity index (χ1) is 37.2. The van der Waals surface area contributed by atoms with Gasteiger partial charge in [-0.1, -0.05) is 151 Å². The maximum atomic E-state index is 9.62. The molecule has 366 valence electrons. The molecule has 73 heavy (non-hydrogen) atoms. The molecule has 0 radical (unpaired) electrons. The fraction of sp³-hybridized carbons (Fsp3) is 0.182. The van der Waals surface area contributed by atoms with Crippen molar-refractivity contribution in [2.75, 3.05) is 9.80 Å². The van der Waals surface area contributed by atoms with Crippen molar-refractivity contribution in [3.8, 4) is 62.2 Å². The standard InChI is InChI=1S/C66H57N4O2.Pt/c1-42(2)33-46-35-63-67-40-56(46)45-19-16-20-50(34-45)71-49-28-25-44(26-29-49)55-37-47(65(3,4)5)36-54(43-17-10-9-11-18-43)64(55)69-41-68(59-23-14-15-24-60(59)69)48-27-32-57(66(6,7)8)62(38-48)72-51-30-31-53-52-21-12-13-22-58(52)70(63)61(53)39-51;/h9-32,34-37,40-42H,33H2,1-8H3;/q-3;/i12D,13D,21D,22D,33D2;. The molecule has 0 saturated heterocycles. The van der Waals surface area contributed by atoms with Crippen LogP contribution in [0, 0.1) is 24.7 Å². The zero-order valence-electron chi connectivity index (χ0n) is 48.0. The molecule has 0 saturated carbocycles. The zero-order valence-corrected chi connectivity index (χ0v) is 44.3. The van der Waals surface area contributed by atoms with Gasteiger partial charge in [0.15, 0.2) is 0 Å². The molecule has 0 aliphatic carbocycles. The Labute approximate surface area is 452 Å². The number of ether oxygens (including phenoxy) is 2. The van der Waals surface area contributed by atoms with Crippen molar-refractivity contribution < 1.29 is 38.8 Å². The molecule has 0 atom stereocenters. The van der Waals surface area contributed by atoms with Gasteiger partial charge in [-0.3, -0.25) is 0 Å². The Kier molecular flexibility index (Phi) is 10.5. The molecule has 10 aromatic rings. The molecule has 6 nitrogen and oxygen atoms in total. The first kappa shape index (κ1) is 41.1. The van der Waals surface area contributed by atoms with Gasteiger partial charge in [-0.2, -0.15) is 12.1 Å². The number of rotatable bonds is 3. The van der Waals surface area contributed by atoms with Gasteiger partial charge in [-0.25, -0.2) is 4.98 Å². The molecule has 0 spiro atoms. The van der Waals surface area contributed by atoms with Crippen LogP contribution in [-0.4, -0.2) is 9.55 Å². The van der Waals surface area contributed by atoms with Crippen molar-refractivity contribution in [3.63, 3.8) is 0 Å². The number of benzene rings is 8. The second-order valence-corrected chi connectivity index (χ2v) is 21.0. The predicted molar refractivity (Wildman–Crippen MR) is 297 cm³/mol. The maximum Gasteiger partial charge on any atom is 0.135 e. The maximum absolute atomic E-state index is 9.62. The third-order valence-corrected chi connectivity index (χ3v) is 13.5. The summed E-state index contributed by atoms with van der Waals surface area (Å²) in [4.78, 5) is 9.44. The molecule has 0 unspecified atom stereocenters. The van der Waals surface area contributed by atoms with Crippen LogP contribution < -0.4 is 19.3 Å². The minimum Gasteiger partial charge on any atom is -0.509 e. The van der Waals surface area contributed by atoms with E-state index < -0.39 is 23.7 Å². The number of hydrogen-bond donors (Lipinski definition) is 0. The summed E-state index contributed by atoms with van der Waals surface area (Å²) >= 11 is 0. The van der Waals surface area contributed by atoms with Gasteiger partial charge in [0, 0.05) is 80.8 Å². The van der Waals surface area contributed by atoms with Crippen LogP contribution in [0.15, 0.2) is 176 Å². The van der Waals surface area contributed by atoms with E-state index in [1.54, 1.807) is 29.0 Å². The van der Waals surface area contributed by atoms with E-state index in [1.807, 2.05) is 62.4 Å². The fourth-order valence-corrected chi connectivity index (χ4v) is 9.95. The van der Waals surface area contributed by atoms with Gasteiger partial charge in [-0.15, -0.1) is 47.6 Å². The summed E-state index contributed by atoms with van der Waals surface area (Å²) in [6.45, 7) is 18.9. The first-order valence-electron chi connectivity index (χ1n) is 27.5. The predicted octanol–water partition coefficient (Wildman–Crippen LogP) is 17.9. The molecule has 2 aromatic heterocycles. The summed E-state index contributed by atoms with van der Waals surface area (Å²) in [5.74, 6) is 1.72. The molecular weight excluding hydrogens is 1080 g/mol. The molecule has 12 bridgehead atoms. The topological polar surface area (TPSA) is 42.8 Å². The molecule has 6 heterocycles. The van der Waals surface area contributed by atoms with E-state index in [2.05, 4.69) is 149 Å². The number of hydrogen-bond acceptors (Lipinski definition) is 5. The monoisotopic (exact) mass is 1140 g/mol. The van der Waals surface area contributed by atoms with E-state index in [1.165, 1.54) is 5.56 Å². The zero-order chi connectivity index (χ0) is 54.7. The van der Waals surface area contributed by atoms with Crippen molar-refractivity contribution in [1.82, 2.24) is 9.55 Å². The molecular formula is C66H57N4O2Pt-3. The molecule has 4 aliphatic rings. The number of anilines is 4. The van der Waals surface area contributed by atoms with Gasteiger partial charge in [-0.05, 0) is 112 Å². The molecule has 0 N–H and O–H groups in total. The Hall–Kier alpha value is -7.40. The van der Waals surface area contributed by atoms with E-state index in [9.17, 15) is 5.48 Å². The smallest absolute Gasteiger partial charge is 0.135 e. The summed E-state index contributed by atoms with van der Waals surface area (Å²) in [6, 6.07) is 54.7. The number of nitrogens with zero attached hydrogens (tertiary/aromatic N) is 4. The van der Waals surface area contributed by atoms with Gasteiger partial charge >= 0.3 is 0 Å². The van der Waals surface area contributed by atoms with Crippen LogP contribution in [0.2, 0.25) is 0 Å². The summed E-state index contributed by atoms with van der Waals surface area (Å²) in [5.41, 5.74) is 11.4. The van der Waals surface area contributed by atoms with Gasteiger partial charge in [0.2, 0.25) is 0 Å². The Bertz CT molecular complexity index is 4050. The van der Waals surface area contributed by atoms with Crippen LogP contribution in [0.1, 0.15) is 80.3 Å². The van der Waals surface area contributed by atoms with Gasteiger partial charge in [0.25, 0.3) is 0 Å². The van der Waals surface area contributed by atoms with Crippen molar-refractivity contribution >= 4 is 44.6 Å². The minimum absolute atomic E-state index is 0. The minimum atomic E-state index is -1.89.